The van der Waals surface area contributed by atoms with E-state index in [1.807, 2.05) is 0 Å². The Kier molecular flexibility index (Phi) is 2.77. The average molecular weight is 158 g/mol. The molecule has 1 aromatic heterocycles. The summed E-state index contributed by atoms with van der Waals surface area (Å²) < 4.78 is 0. The van der Waals surface area contributed by atoms with Crippen LogP contribution in [0.25, 0.3) is 0 Å². The van der Waals surface area contributed by atoms with Crippen LogP contribution in [0.15, 0.2) is 11.4 Å². The van der Waals surface area contributed by atoms with Crippen LogP contribution in [0.5, 0.6) is 0 Å². The van der Waals surface area contributed by atoms with Crippen LogP contribution in [0, 0.1) is 0 Å². The summed E-state index contributed by atoms with van der Waals surface area (Å²) >= 11 is 1.63. The second kappa shape index (κ2) is 3.63. The van der Waals surface area contributed by atoms with Gasteiger partial charge < -0.3 is 10.1 Å². The molecule has 0 amide bonds. The Bertz CT molecular complexity index is 199. The Morgan fingerprint density at radius 3 is 3.10 bits per heavy atom. The van der Waals surface area contributed by atoms with Gasteiger partial charge in [0.25, 0.3) is 0 Å². The molecule has 0 saturated heterocycles. The molecule has 0 fully saturated rings. The van der Waals surface area contributed by atoms with Crippen LogP contribution >= 0.6 is 11.8 Å². The highest BCUT2D eigenvalue weighted by Crippen LogP contribution is 2.12. The average Bonchev–Trinajstić information content (AvgIpc) is 2.37. The summed E-state index contributed by atoms with van der Waals surface area (Å²) in [6.07, 6.45) is 1.65. The smallest absolute Gasteiger partial charge is 0.165 e. The van der Waals surface area contributed by atoms with Gasteiger partial charge in [-0.05, 0) is 5.75 Å². The second-order valence-corrected chi connectivity index (χ2v) is 3.06. The lowest BCUT2D eigenvalue weighted by Crippen LogP contribution is -1.80. The lowest BCUT2D eigenvalue weighted by atomic mass is 10.5. The molecule has 0 unspecified atom stereocenters. The van der Waals surface area contributed by atoms with Gasteiger partial charge in [-0.3, -0.25) is 0 Å². The van der Waals surface area contributed by atoms with Crippen LogP contribution < -0.4 is 0 Å². The van der Waals surface area contributed by atoms with Crippen LogP contribution in [-0.2, 0) is 6.61 Å². The summed E-state index contributed by atoms with van der Waals surface area (Å²) in [7, 11) is 0. The van der Waals surface area contributed by atoms with Gasteiger partial charge in [0.2, 0.25) is 0 Å². The maximum atomic E-state index is 8.64. The number of thioether (sulfide) groups is 1. The van der Waals surface area contributed by atoms with Crippen molar-refractivity contribution in [2.45, 2.75) is 18.7 Å². The number of aliphatic hydroxyl groups excluding tert-OH is 1. The molecule has 0 saturated carbocycles. The van der Waals surface area contributed by atoms with Crippen molar-refractivity contribution in [3.63, 3.8) is 0 Å². The van der Waals surface area contributed by atoms with E-state index in [2.05, 4.69) is 16.9 Å². The molecule has 0 bridgehead atoms. The molecule has 10 heavy (non-hydrogen) atoms. The number of H-pyrrole nitrogens is 1. The van der Waals surface area contributed by atoms with Crippen LogP contribution in [-0.4, -0.2) is 20.8 Å². The molecule has 0 aliphatic carbocycles. The third kappa shape index (κ3) is 1.75. The van der Waals surface area contributed by atoms with E-state index in [0.717, 1.165) is 16.6 Å². The quantitative estimate of drug-likeness (QED) is 0.645. The maximum Gasteiger partial charge on any atom is 0.165 e. The molecule has 0 aromatic carbocycles. The van der Waals surface area contributed by atoms with Gasteiger partial charge in [-0.15, -0.1) is 0 Å². The summed E-state index contributed by atoms with van der Waals surface area (Å²) in [6.45, 7) is 2.10. The summed E-state index contributed by atoms with van der Waals surface area (Å²) in [4.78, 5) is 6.99. The number of rotatable bonds is 3. The summed E-state index contributed by atoms with van der Waals surface area (Å²) in [6, 6.07) is 0. The fourth-order valence-corrected chi connectivity index (χ4v) is 1.23. The fraction of sp³-hybridized carbons (Fsp3) is 0.500. The molecule has 1 heterocycles. The van der Waals surface area contributed by atoms with Crippen LogP contribution in [0.3, 0.4) is 0 Å². The van der Waals surface area contributed by atoms with Crippen LogP contribution in [0.4, 0.5) is 0 Å². The Hall–Kier alpha value is -0.480. The van der Waals surface area contributed by atoms with Crippen molar-refractivity contribution in [3.8, 4) is 0 Å². The Morgan fingerprint density at radius 1 is 1.80 bits per heavy atom. The molecular formula is C6H10N2OS. The van der Waals surface area contributed by atoms with Gasteiger partial charge in [-0.25, -0.2) is 4.98 Å². The van der Waals surface area contributed by atoms with E-state index in [9.17, 15) is 0 Å². The standard InChI is InChI=1S/C6H10N2OS/c1-2-10-6-7-3-5(4-9)8-6/h3,9H,2,4H2,1H3,(H,7,8). The first-order valence-corrected chi connectivity index (χ1v) is 4.13. The number of aromatic amines is 1. The first-order chi connectivity index (χ1) is 4.86. The van der Waals surface area contributed by atoms with E-state index in [-0.39, 0.29) is 6.61 Å². The number of hydrogen-bond acceptors (Lipinski definition) is 3. The third-order valence-corrected chi connectivity index (χ3v) is 1.83. The van der Waals surface area contributed by atoms with Gasteiger partial charge in [-0.2, -0.15) is 0 Å². The van der Waals surface area contributed by atoms with E-state index in [1.54, 1.807) is 18.0 Å². The van der Waals surface area contributed by atoms with Crippen LogP contribution in [0.1, 0.15) is 12.6 Å². The van der Waals surface area contributed by atoms with E-state index in [0.29, 0.717) is 0 Å². The van der Waals surface area contributed by atoms with E-state index in [1.165, 1.54) is 0 Å². The first kappa shape index (κ1) is 7.63. The Labute approximate surface area is 63.9 Å². The fourth-order valence-electron chi connectivity index (χ4n) is 0.629. The Balaban J connectivity index is 2.59. The van der Waals surface area contributed by atoms with Crippen LogP contribution in [0.2, 0.25) is 0 Å². The maximum absolute atomic E-state index is 8.64. The molecule has 0 radical (unpaired) electrons. The van der Waals surface area contributed by atoms with E-state index < -0.39 is 0 Å². The number of nitrogens with one attached hydrogen (secondary N) is 1. The molecule has 2 N–H and O–H groups in total. The zero-order valence-electron chi connectivity index (χ0n) is 5.79. The minimum absolute atomic E-state index is 0.0390. The molecule has 56 valence electrons. The van der Waals surface area contributed by atoms with Gasteiger partial charge in [0.1, 0.15) is 0 Å². The molecule has 0 aliphatic heterocycles. The van der Waals surface area contributed by atoms with Crippen molar-refractivity contribution in [1.29, 1.82) is 0 Å². The predicted molar refractivity (Wildman–Crippen MR) is 40.9 cm³/mol. The minimum atomic E-state index is 0.0390. The predicted octanol–water partition coefficient (Wildman–Crippen LogP) is 1.01. The van der Waals surface area contributed by atoms with E-state index >= 15 is 0 Å². The zero-order chi connectivity index (χ0) is 7.40. The highest BCUT2D eigenvalue weighted by molar-refractivity contribution is 7.99. The monoisotopic (exact) mass is 158 g/mol. The lowest BCUT2D eigenvalue weighted by Gasteiger charge is -1.88. The number of hydrogen-bond donors (Lipinski definition) is 2. The lowest BCUT2D eigenvalue weighted by molar-refractivity contribution is 0.277. The summed E-state index contributed by atoms with van der Waals surface area (Å²) in [5.74, 6) is 0.998. The molecular weight excluding hydrogens is 148 g/mol. The van der Waals surface area contributed by atoms with Gasteiger partial charge in [0.05, 0.1) is 18.5 Å². The van der Waals surface area contributed by atoms with Gasteiger partial charge in [0.15, 0.2) is 5.16 Å². The zero-order valence-corrected chi connectivity index (χ0v) is 6.61. The van der Waals surface area contributed by atoms with Crippen molar-refractivity contribution < 1.29 is 5.11 Å². The normalized spacial score (nSPS) is 10.2. The molecule has 0 aliphatic rings. The van der Waals surface area contributed by atoms with Crippen molar-refractivity contribution in [2.75, 3.05) is 5.75 Å². The van der Waals surface area contributed by atoms with Gasteiger partial charge in [0, 0.05) is 0 Å². The van der Waals surface area contributed by atoms with Gasteiger partial charge in [-0.1, -0.05) is 18.7 Å². The van der Waals surface area contributed by atoms with Crippen molar-refractivity contribution >= 4 is 11.8 Å². The Morgan fingerprint density at radius 2 is 2.60 bits per heavy atom. The molecule has 3 nitrogen and oxygen atoms in total. The van der Waals surface area contributed by atoms with Crippen molar-refractivity contribution in [3.05, 3.63) is 11.9 Å². The third-order valence-electron chi connectivity index (χ3n) is 1.06. The SMILES string of the molecule is CCSc1ncc(CO)[nH]1. The molecule has 1 rings (SSSR count). The minimum Gasteiger partial charge on any atom is -0.390 e. The largest absolute Gasteiger partial charge is 0.390 e. The van der Waals surface area contributed by atoms with E-state index in [4.69, 9.17) is 5.11 Å². The molecule has 0 spiro atoms. The van der Waals surface area contributed by atoms with Crippen molar-refractivity contribution in [1.82, 2.24) is 9.97 Å². The number of aliphatic hydroxyl groups is 1. The molecule has 4 heteroatoms. The van der Waals surface area contributed by atoms with Crippen molar-refractivity contribution in [2.24, 2.45) is 0 Å². The highest BCUT2D eigenvalue weighted by Gasteiger charge is 1.96. The molecule has 0 atom stereocenters. The summed E-state index contributed by atoms with van der Waals surface area (Å²) in [5.41, 5.74) is 0.774. The second-order valence-electron chi connectivity index (χ2n) is 1.80. The summed E-state index contributed by atoms with van der Waals surface area (Å²) in [5, 5.41) is 9.52. The highest BCUT2D eigenvalue weighted by atomic mass is 32.2. The first-order valence-electron chi connectivity index (χ1n) is 3.14. The topological polar surface area (TPSA) is 48.9 Å². The number of nitrogens with zero attached hydrogens (tertiary/aromatic N) is 1. The number of aromatic nitrogens is 2. The number of imidazole rings is 1. The molecule has 1 aromatic rings. The van der Waals surface area contributed by atoms with Gasteiger partial charge >= 0.3 is 0 Å².